The van der Waals surface area contributed by atoms with Gasteiger partial charge in [-0.25, -0.2) is 0 Å². The first-order chi connectivity index (χ1) is 13.7. The topological polar surface area (TPSA) is 54.0 Å². The summed E-state index contributed by atoms with van der Waals surface area (Å²) < 4.78 is 23.4. The molecule has 0 amide bonds. The summed E-state index contributed by atoms with van der Waals surface area (Å²) >= 11 is 0. The summed E-state index contributed by atoms with van der Waals surface area (Å²) in [6, 6.07) is 3.29. The van der Waals surface area contributed by atoms with Crippen LogP contribution in [-0.4, -0.2) is 46.5 Å². The van der Waals surface area contributed by atoms with E-state index in [0.29, 0.717) is 6.61 Å². The minimum absolute atomic E-state index is 0.0267. The smallest absolute Gasteiger partial charge is 0.302 e. The Hall–Kier alpha value is -0.953. The molecule has 6 heteroatoms. The van der Waals surface area contributed by atoms with Gasteiger partial charge < -0.3 is 18.6 Å². The predicted octanol–water partition coefficient (Wildman–Crippen LogP) is 6.01. The molecule has 29 heavy (non-hydrogen) atoms. The zero-order valence-electron chi connectivity index (χ0n) is 19.8. The first-order valence-corrected chi connectivity index (χ1v) is 13.5. The van der Waals surface area contributed by atoms with E-state index >= 15 is 0 Å². The van der Waals surface area contributed by atoms with Gasteiger partial charge in [0.1, 0.15) is 13.4 Å². The fourth-order valence-corrected chi connectivity index (χ4v) is 6.43. The monoisotopic (exact) mass is 428 g/mol. The van der Waals surface area contributed by atoms with Crippen LogP contribution in [-0.2, 0) is 23.4 Å². The summed E-state index contributed by atoms with van der Waals surface area (Å²) in [4.78, 5) is 11.0. The quantitative estimate of drug-likeness (QED) is 0.123. The Kier molecular flexibility index (Phi) is 14.4. The first kappa shape index (κ1) is 28.0. The number of methoxy groups -OCH3 is 1. The number of carbonyl (C=O) groups excluding carboxylic acids is 1. The molecule has 0 heterocycles. The van der Waals surface area contributed by atoms with Crippen LogP contribution in [0.15, 0.2) is 24.3 Å². The molecule has 0 aliphatic rings. The van der Waals surface area contributed by atoms with E-state index in [0.717, 1.165) is 43.8 Å². The fraction of sp³-hybridized carbons (Fsp3) is 0.783. The van der Waals surface area contributed by atoms with Crippen LogP contribution in [0.1, 0.15) is 67.2 Å². The second kappa shape index (κ2) is 14.9. The maximum atomic E-state index is 11.0. The zero-order valence-corrected chi connectivity index (χ0v) is 20.8. The van der Waals surface area contributed by atoms with E-state index in [1.54, 1.807) is 7.11 Å². The lowest BCUT2D eigenvalue weighted by molar-refractivity contribution is -0.168. The summed E-state index contributed by atoms with van der Waals surface area (Å²) in [7, 11) is -0.169. The molecule has 0 aromatic rings. The number of carbonyl (C=O) groups is 1. The molecular weight excluding hydrogens is 384 g/mol. The van der Waals surface area contributed by atoms with Crippen molar-refractivity contribution in [1.82, 2.24) is 0 Å². The highest BCUT2D eigenvalue weighted by Gasteiger charge is 2.41. The summed E-state index contributed by atoms with van der Waals surface area (Å²) in [6.07, 6.45) is 7.30. The zero-order chi connectivity index (χ0) is 22.3. The van der Waals surface area contributed by atoms with Crippen molar-refractivity contribution in [3.63, 3.8) is 0 Å². The van der Waals surface area contributed by atoms with Crippen LogP contribution in [0, 0.1) is 0 Å². The van der Waals surface area contributed by atoms with Gasteiger partial charge in [-0.3, -0.25) is 4.79 Å². The van der Waals surface area contributed by atoms with Gasteiger partial charge >= 0.3 is 5.97 Å². The molecule has 0 saturated carbocycles. The van der Waals surface area contributed by atoms with Gasteiger partial charge in [0.05, 0.1) is 11.7 Å². The molecule has 170 valence electrons. The summed E-state index contributed by atoms with van der Waals surface area (Å²) in [5.41, 5.74) is 0.743. The van der Waals surface area contributed by atoms with Gasteiger partial charge in [0.15, 0.2) is 8.32 Å². The van der Waals surface area contributed by atoms with E-state index in [1.165, 1.54) is 12.5 Å². The standard InChI is InChI=1S/C23H44O5Si/c1-9-13-17-23(7,27-19-25-8)22(28-29(10-2,11-3)12-4)15-14-20(5)16-18-26-21(6)24/h9,16,22H,1,10-15,17-19H2,2-8H3/b20-16+/t22-,23+/m1/s1. The molecule has 0 saturated heterocycles. The molecule has 0 aliphatic carbocycles. The minimum atomic E-state index is -1.82. The largest absolute Gasteiger partial charge is 0.462 e. The number of esters is 1. The van der Waals surface area contributed by atoms with Crippen molar-refractivity contribution in [2.24, 2.45) is 0 Å². The van der Waals surface area contributed by atoms with Crippen molar-refractivity contribution in [3.8, 4) is 0 Å². The van der Waals surface area contributed by atoms with E-state index < -0.39 is 13.9 Å². The van der Waals surface area contributed by atoms with Crippen molar-refractivity contribution in [2.45, 2.75) is 97.1 Å². The van der Waals surface area contributed by atoms with Crippen molar-refractivity contribution in [2.75, 3.05) is 20.5 Å². The van der Waals surface area contributed by atoms with Gasteiger partial charge in [0.25, 0.3) is 0 Å². The third kappa shape index (κ3) is 10.6. The van der Waals surface area contributed by atoms with Crippen LogP contribution < -0.4 is 0 Å². The molecule has 0 aromatic heterocycles. The molecular formula is C23H44O5Si. The van der Waals surface area contributed by atoms with Gasteiger partial charge in [-0.05, 0) is 63.7 Å². The molecule has 0 rings (SSSR count). The maximum absolute atomic E-state index is 11.0. The van der Waals surface area contributed by atoms with Crippen molar-refractivity contribution in [3.05, 3.63) is 24.3 Å². The maximum Gasteiger partial charge on any atom is 0.302 e. The van der Waals surface area contributed by atoms with Crippen LogP contribution in [0.4, 0.5) is 0 Å². The fourth-order valence-electron chi connectivity index (χ4n) is 3.46. The second-order valence-corrected chi connectivity index (χ2v) is 12.7. The number of allylic oxidation sites excluding steroid dienone is 2. The lowest BCUT2D eigenvalue weighted by Crippen LogP contribution is -2.51. The molecule has 0 radical (unpaired) electrons. The lowest BCUT2D eigenvalue weighted by atomic mass is 9.89. The number of hydrogen-bond donors (Lipinski definition) is 0. The molecule has 5 nitrogen and oxygen atoms in total. The Labute approximate surface area is 180 Å². The normalized spacial score (nSPS) is 15.6. The number of hydrogen-bond acceptors (Lipinski definition) is 5. The molecule has 0 aliphatic heterocycles. The van der Waals surface area contributed by atoms with E-state index in [9.17, 15) is 4.79 Å². The van der Waals surface area contributed by atoms with Gasteiger partial charge in [-0.1, -0.05) is 32.4 Å². The van der Waals surface area contributed by atoms with Crippen molar-refractivity contribution >= 4 is 14.3 Å². The Morgan fingerprint density at radius 1 is 1.17 bits per heavy atom. The van der Waals surface area contributed by atoms with E-state index in [1.807, 2.05) is 12.2 Å². The third-order valence-electron chi connectivity index (χ3n) is 5.88. The van der Waals surface area contributed by atoms with Crippen LogP contribution >= 0.6 is 0 Å². The molecule has 0 aromatic carbocycles. The van der Waals surface area contributed by atoms with Crippen molar-refractivity contribution < 1.29 is 23.4 Å². The second-order valence-electron chi connectivity index (χ2n) is 7.93. The van der Waals surface area contributed by atoms with Gasteiger partial charge in [0, 0.05) is 14.0 Å². The number of ether oxygens (including phenoxy) is 3. The first-order valence-electron chi connectivity index (χ1n) is 10.9. The summed E-state index contributed by atoms with van der Waals surface area (Å²) in [6.45, 7) is 16.8. The van der Waals surface area contributed by atoms with Crippen molar-refractivity contribution in [1.29, 1.82) is 0 Å². The average molecular weight is 429 g/mol. The predicted molar refractivity (Wildman–Crippen MR) is 122 cm³/mol. The third-order valence-corrected chi connectivity index (χ3v) is 10.5. The van der Waals surface area contributed by atoms with E-state index in [2.05, 4.69) is 41.2 Å². The Morgan fingerprint density at radius 3 is 2.28 bits per heavy atom. The Morgan fingerprint density at radius 2 is 1.79 bits per heavy atom. The molecule has 2 atom stereocenters. The van der Waals surface area contributed by atoms with Gasteiger partial charge in [0.2, 0.25) is 0 Å². The Balaban J connectivity index is 5.53. The van der Waals surface area contributed by atoms with E-state index in [4.69, 9.17) is 18.6 Å². The molecule has 0 bridgehead atoms. The minimum Gasteiger partial charge on any atom is -0.462 e. The lowest BCUT2D eigenvalue weighted by Gasteiger charge is -2.43. The van der Waals surface area contributed by atoms with Crippen LogP contribution in [0.3, 0.4) is 0 Å². The highest BCUT2D eigenvalue weighted by Crippen LogP contribution is 2.34. The van der Waals surface area contributed by atoms with E-state index in [-0.39, 0.29) is 18.9 Å². The SMILES string of the molecule is C=CCC[C@](C)(OCOC)[C@@H](CC/C(C)=C/COC(C)=O)O[Si](CC)(CC)CC. The highest BCUT2D eigenvalue weighted by atomic mass is 28.4. The van der Waals surface area contributed by atoms with Gasteiger partial charge in [-0.2, -0.15) is 0 Å². The average Bonchev–Trinajstić information content (AvgIpc) is 2.71. The Bertz CT molecular complexity index is 493. The highest BCUT2D eigenvalue weighted by molar-refractivity contribution is 6.73. The number of rotatable bonds is 17. The van der Waals surface area contributed by atoms with Crippen LogP contribution in [0.25, 0.3) is 0 Å². The van der Waals surface area contributed by atoms with Crippen LogP contribution in [0.2, 0.25) is 18.1 Å². The molecule has 0 unspecified atom stereocenters. The van der Waals surface area contributed by atoms with Gasteiger partial charge in [-0.15, -0.1) is 6.58 Å². The summed E-state index contributed by atoms with van der Waals surface area (Å²) in [5.74, 6) is -0.259. The molecule has 0 fully saturated rings. The molecule has 0 spiro atoms. The summed E-state index contributed by atoms with van der Waals surface area (Å²) in [5, 5.41) is 0. The molecule has 0 N–H and O–H groups in total. The van der Waals surface area contributed by atoms with Crippen LogP contribution in [0.5, 0.6) is 0 Å².